The summed E-state index contributed by atoms with van der Waals surface area (Å²) in [5, 5.41) is 11.8. The zero-order valence-corrected chi connectivity index (χ0v) is 15.1. The van der Waals surface area contributed by atoms with Gasteiger partial charge in [-0.1, -0.05) is 17.7 Å². The summed E-state index contributed by atoms with van der Waals surface area (Å²) >= 11 is 5.82. The lowest BCUT2D eigenvalue weighted by Gasteiger charge is -2.13. The van der Waals surface area contributed by atoms with Gasteiger partial charge in [-0.2, -0.15) is 5.26 Å². The van der Waals surface area contributed by atoms with Crippen molar-refractivity contribution in [1.82, 2.24) is 5.32 Å². The van der Waals surface area contributed by atoms with Gasteiger partial charge in [-0.3, -0.25) is 4.79 Å². The zero-order valence-electron chi connectivity index (χ0n) is 14.3. The van der Waals surface area contributed by atoms with E-state index in [0.29, 0.717) is 42.0 Å². The van der Waals surface area contributed by atoms with Gasteiger partial charge in [0, 0.05) is 11.6 Å². The molecule has 136 valence electrons. The number of nitriles is 1. The van der Waals surface area contributed by atoms with Gasteiger partial charge in [-0.25, -0.2) is 0 Å². The van der Waals surface area contributed by atoms with E-state index in [1.807, 2.05) is 6.07 Å². The van der Waals surface area contributed by atoms with Crippen LogP contribution in [0.2, 0.25) is 5.02 Å². The van der Waals surface area contributed by atoms with Gasteiger partial charge in [0.2, 0.25) is 5.91 Å². The van der Waals surface area contributed by atoms with Gasteiger partial charge >= 0.3 is 0 Å². The van der Waals surface area contributed by atoms with Crippen molar-refractivity contribution in [2.45, 2.75) is 13.0 Å². The molecule has 2 aromatic carbocycles. The van der Waals surface area contributed by atoms with Gasteiger partial charge in [0.1, 0.15) is 25.4 Å². The largest absolute Gasteiger partial charge is 0.493 e. The summed E-state index contributed by atoms with van der Waals surface area (Å²) in [6, 6.07) is 14.3. The molecule has 0 aliphatic heterocycles. The molecular weight excluding hydrogens is 356 g/mol. The van der Waals surface area contributed by atoms with Crippen molar-refractivity contribution >= 4 is 17.5 Å². The third-order valence-corrected chi connectivity index (χ3v) is 3.63. The molecule has 0 aliphatic carbocycles. The third-order valence-electron chi connectivity index (χ3n) is 3.38. The second-order valence-corrected chi connectivity index (χ2v) is 5.68. The molecule has 7 heteroatoms. The lowest BCUT2D eigenvalue weighted by atomic mass is 10.2. The molecule has 1 amide bonds. The van der Waals surface area contributed by atoms with E-state index in [1.54, 1.807) is 49.6 Å². The Morgan fingerprint density at radius 1 is 1.12 bits per heavy atom. The Balaban J connectivity index is 1.83. The number of hydrogen-bond acceptors (Lipinski definition) is 5. The van der Waals surface area contributed by atoms with Crippen LogP contribution in [0.1, 0.15) is 12.0 Å². The van der Waals surface area contributed by atoms with E-state index >= 15 is 0 Å². The number of benzene rings is 2. The van der Waals surface area contributed by atoms with Gasteiger partial charge in [-0.15, -0.1) is 0 Å². The van der Waals surface area contributed by atoms with Crippen LogP contribution < -0.4 is 19.5 Å². The van der Waals surface area contributed by atoms with Gasteiger partial charge < -0.3 is 19.5 Å². The van der Waals surface area contributed by atoms with Crippen LogP contribution in [0.4, 0.5) is 0 Å². The standard InChI is InChI=1S/C19H19ClN2O4/c1-24-18-12-14(13-22-19(23)8-9-21)2-7-17(18)26-11-10-25-16-5-3-15(20)4-6-16/h2-7,12H,8,10-11,13H2,1H3,(H,22,23). The average Bonchev–Trinajstić information content (AvgIpc) is 2.65. The monoisotopic (exact) mass is 374 g/mol. The number of carbonyl (C=O) groups excluding carboxylic acids is 1. The quantitative estimate of drug-likeness (QED) is 0.681. The number of amides is 1. The van der Waals surface area contributed by atoms with E-state index in [-0.39, 0.29) is 12.3 Å². The van der Waals surface area contributed by atoms with Crippen LogP contribution in [0.5, 0.6) is 17.2 Å². The van der Waals surface area contributed by atoms with Crippen LogP contribution in [-0.2, 0) is 11.3 Å². The molecule has 6 nitrogen and oxygen atoms in total. The van der Waals surface area contributed by atoms with Gasteiger partial charge in [-0.05, 0) is 42.0 Å². The van der Waals surface area contributed by atoms with Crippen LogP contribution in [-0.4, -0.2) is 26.2 Å². The van der Waals surface area contributed by atoms with Crippen LogP contribution in [0, 0.1) is 11.3 Å². The Labute approximate surface area is 157 Å². The predicted octanol–water partition coefficient (Wildman–Crippen LogP) is 3.34. The van der Waals surface area contributed by atoms with E-state index in [9.17, 15) is 4.79 Å². The molecule has 0 aromatic heterocycles. The van der Waals surface area contributed by atoms with Crippen molar-refractivity contribution in [2.24, 2.45) is 0 Å². The van der Waals surface area contributed by atoms with E-state index in [0.717, 1.165) is 5.56 Å². The minimum absolute atomic E-state index is 0.161. The molecule has 0 radical (unpaired) electrons. The van der Waals surface area contributed by atoms with Crippen molar-refractivity contribution < 1.29 is 19.0 Å². The lowest BCUT2D eigenvalue weighted by molar-refractivity contribution is -0.120. The maximum Gasteiger partial charge on any atom is 0.234 e. The highest BCUT2D eigenvalue weighted by atomic mass is 35.5. The number of nitrogens with zero attached hydrogens (tertiary/aromatic N) is 1. The summed E-state index contributed by atoms with van der Waals surface area (Å²) in [4.78, 5) is 11.3. The fourth-order valence-corrected chi connectivity index (χ4v) is 2.24. The molecule has 0 spiro atoms. The molecule has 0 unspecified atom stereocenters. The Morgan fingerprint density at radius 3 is 2.54 bits per heavy atom. The first-order valence-corrected chi connectivity index (χ1v) is 8.32. The van der Waals surface area contributed by atoms with Gasteiger partial charge in [0.25, 0.3) is 0 Å². The number of methoxy groups -OCH3 is 1. The molecule has 26 heavy (non-hydrogen) atoms. The van der Waals surface area contributed by atoms with Crippen LogP contribution in [0.15, 0.2) is 42.5 Å². The highest BCUT2D eigenvalue weighted by Crippen LogP contribution is 2.28. The van der Waals surface area contributed by atoms with Crippen molar-refractivity contribution in [2.75, 3.05) is 20.3 Å². The molecular formula is C19H19ClN2O4. The van der Waals surface area contributed by atoms with Crippen LogP contribution in [0.25, 0.3) is 0 Å². The van der Waals surface area contributed by atoms with E-state index in [4.69, 9.17) is 31.1 Å². The average molecular weight is 375 g/mol. The fraction of sp³-hybridized carbons (Fsp3) is 0.263. The SMILES string of the molecule is COc1cc(CNC(=O)CC#N)ccc1OCCOc1ccc(Cl)cc1. The number of carbonyl (C=O) groups is 1. The second kappa shape index (κ2) is 10.2. The van der Waals surface area contributed by atoms with Crippen molar-refractivity contribution in [1.29, 1.82) is 5.26 Å². The maximum absolute atomic E-state index is 11.3. The number of ether oxygens (including phenoxy) is 3. The topological polar surface area (TPSA) is 80.6 Å². The molecule has 0 aliphatic rings. The summed E-state index contributed by atoms with van der Waals surface area (Å²) < 4.78 is 16.6. The highest BCUT2D eigenvalue weighted by molar-refractivity contribution is 6.30. The zero-order chi connectivity index (χ0) is 18.8. The lowest BCUT2D eigenvalue weighted by Crippen LogP contribution is -2.21. The molecule has 0 saturated heterocycles. The third kappa shape index (κ3) is 6.19. The predicted molar refractivity (Wildman–Crippen MR) is 97.5 cm³/mol. The number of rotatable bonds is 9. The van der Waals surface area contributed by atoms with E-state index in [2.05, 4.69) is 5.32 Å². The highest BCUT2D eigenvalue weighted by Gasteiger charge is 2.07. The first-order chi connectivity index (χ1) is 12.6. The molecule has 0 bridgehead atoms. The molecule has 0 heterocycles. The van der Waals surface area contributed by atoms with Crippen molar-refractivity contribution in [3.63, 3.8) is 0 Å². The van der Waals surface area contributed by atoms with E-state index in [1.165, 1.54) is 0 Å². The minimum Gasteiger partial charge on any atom is -0.493 e. The van der Waals surface area contributed by atoms with Crippen LogP contribution in [0.3, 0.4) is 0 Å². The second-order valence-electron chi connectivity index (χ2n) is 5.25. The molecule has 2 rings (SSSR count). The number of nitrogens with one attached hydrogen (secondary N) is 1. The summed E-state index contributed by atoms with van der Waals surface area (Å²) in [7, 11) is 1.55. The Morgan fingerprint density at radius 2 is 1.85 bits per heavy atom. The minimum atomic E-state index is -0.314. The fourth-order valence-electron chi connectivity index (χ4n) is 2.12. The maximum atomic E-state index is 11.3. The number of hydrogen-bond donors (Lipinski definition) is 1. The van der Waals surface area contributed by atoms with Gasteiger partial charge in [0.15, 0.2) is 11.5 Å². The first-order valence-electron chi connectivity index (χ1n) is 7.94. The van der Waals surface area contributed by atoms with E-state index < -0.39 is 0 Å². The van der Waals surface area contributed by atoms with Crippen LogP contribution >= 0.6 is 11.6 Å². The molecule has 1 N–H and O–H groups in total. The van der Waals surface area contributed by atoms with Crippen molar-refractivity contribution in [3.8, 4) is 23.3 Å². The Hall–Kier alpha value is -2.91. The summed E-state index contributed by atoms with van der Waals surface area (Å²) in [5.41, 5.74) is 0.845. The normalized spacial score (nSPS) is 9.88. The van der Waals surface area contributed by atoms with Crippen molar-refractivity contribution in [3.05, 3.63) is 53.1 Å². The number of halogens is 1. The smallest absolute Gasteiger partial charge is 0.234 e. The summed E-state index contributed by atoms with van der Waals surface area (Å²) in [5.74, 6) is 1.54. The Bertz CT molecular complexity index is 772. The molecule has 0 saturated carbocycles. The molecule has 0 fully saturated rings. The van der Waals surface area contributed by atoms with Gasteiger partial charge in [0.05, 0.1) is 13.2 Å². The summed E-state index contributed by atoms with van der Waals surface area (Å²) in [6.07, 6.45) is -0.161. The molecule has 2 aromatic rings. The Kier molecular flexibility index (Phi) is 7.59. The summed E-state index contributed by atoms with van der Waals surface area (Å²) in [6.45, 7) is 1.03. The first kappa shape index (κ1) is 19.4. The molecule has 0 atom stereocenters.